The first-order chi connectivity index (χ1) is 9.47. The number of hydrogen-bond donors (Lipinski definition) is 1. The second kappa shape index (κ2) is 4.68. The number of aromatic amines is 1. The molecule has 0 aliphatic heterocycles. The van der Waals surface area contributed by atoms with Gasteiger partial charge in [-0.2, -0.15) is 5.10 Å². The highest BCUT2D eigenvalue weighted by Gasteiger charge is 2.13. The third-order valence-electron chi connectivity index (χ3n) is 3.40. The highest BCUT2D eigenvalue weighted by atomic mass is 32.1. The lowest BCUT2D eigenvalue weighted by Gasteiger charge is -2.04. The Hall–Kier alpha value is -1.73. The number of hydrogen-bond acceptors (Lipinski definition) is 4. The highest BCUT2D eigenvalue weighted by molar-refractivity contribution is 7.71. The smallest absolute Gasteiger partial charge is 0.263 e. The molecule has 104 valence electrons. The molecule has 0 unspecified atom stereocenters. The Bertz CT molecular complexity index is 913. The van der Waals surface area contributed by atoms with E-state index in [4.69, 9.17) is 12.2 Å². The molecule has 5 nitrogen and oxygen atoms in total. The molecule has 0 bridgehead atoms. The quantitative estimate of drug-likeness (QED) is 0.740. The summed E-state index contributed by atoms with van der Waals surface area (Å²) < 4.78 is 3.72. The van der Waals surface area contributed by atoms with Gasteiger partial charge in [-0.3, -0.25) is 14.0 Å². The summed E-state index contributed by atoms with van der Waals surface area (Å²) in [6.45, 7) is 4.37. The maximum absolute atomic E-state index is 12.6. The van der Waals surface area contributed by atoms with Gasteiger partial charge in [0.25, 0.3) is 5.56 Å². The van der Waals surface area contributed by atoms with Gasteiger partial charge < -0.3 is 4.98 Å². The summed E-state index contributed by atoms with van der Waals surface area (Å²) in [4.78, 5) is 17.8. The molecule has 0 saturated carbocycles. The molecule has 0 atom stereocenters. The Morgan fingerprint density at radius 1 is 1.45 bits per heavy atom. The van der Waals surface area contributed by atoms with Gasteiger partial charge in [0, 0.05) is 18.1 Å². The predicted octanol–water partition coefficient (Wildman–Crippen LogP) is 2.52. The van der Waals surface area contributed by atoms with Crippen LogP contribution in [0.15, 0.2) is 17.1 Å². The van der Waals surface area contributed by atoms with Gasteiger partial charge in [-0.25, -0.2) is 0 Å². The lowest BCUT2D eigenvalue weighted by atomic mass is 10.2. The fourth-order valence-corrected chi connectivity index (χ4v) is 3.58. The van der Waals surface area contributed by atoms with Gasteiger partial charge in [0.2, 0.25) is 0 Å². The fraction of sp³-hybridized carbons (Fsp3) is 0.308. The number of fused-ring (bicyclic) bond motifs is 1. The van der Waals surface area contributed by atoms with Crippen molar-refractivity contribution in [3.8, 4) is 0 Å². The van der Waals surface area contributed by atoms with Gasteiger partial charge >= 0.3 is 0 Å². The van der Waals surface area contributed by atoms with Crippen LogP contribution in [-0.2, 0) is 13.6 Å². The van der Waals surface area contributed by atoms with Crippen molar-refractivity contribution in [1.29, 1.82) is 0 Å². The zero-order chi connectivity index (χ0) is 14.4. The number of thiophene rings is 1. The molecule has 20 heavy (non-hydrogen) atoms. The average Bonchev–Trinajstić information content (AvgIpc) is 2.90. The molecule has 0 aliphatic rings. The van der Waals surface area contributed by atoms with Gasteiger partial charge in [0.1, 0.15) is 4.83 Å². The SMILES string of the molecule is Cc1sc2[nH]c(=S)n(Cc3ccn(C)n3)c(=O)c2c1C. The first-order valence-corrected chi connectivity index (χ1v) is 7.41. The Balaban J connectivity index is 2.23. The molecule has 0 saturated heterocycles. The molecular formula is C13H14N4OS2. The Kier molecular flexibility index (Phi) is 3.10. The lowest BCUT2D eigenvalue weighted by Crippen LogP contribution is -2.23. The van der Waals surface area contributed by atoms with Gasteiger partial charge in [-0.15, -0.1) is 11.3 Å². The van der Waals surface area contributed by atoms with Crippen LogP contribution in [0.1, 0.15) is 16.1 Å². The summed E-state index contributed by atoms with van der Waals surface area (Å²) in [5.74, 6) is 0. The second-order valence-electron chi connectivity index (χ2n) is 4.79. The third-order valence-corrected chi connectivity index (χ3v) is 4.84. The Morgan fingerprint density at radius 3 is 2.85 bits per heavy atom. The van der Waals surface area contributed by atoms with E-state index in [1.807, 2.05) is 33.2 Å². The van der Waals surface area contributed by atoms with E-state index in [-0.39, 0.29) is 5.56 Å². The van der Waals surface area contributed by atoms with Crippen LogP contribution in [0.5, 0.6) is 0 Å². The Labute approximate surface area is 124 Å². The van der Waals surface area contributed by atoms with E-state index in [1.165, 1.54) is 0 Å². The van der Waals surface area contributed by atoms with Gasteiger partial charge in [-0.05, 0) is 37.7 Å². The first kappa shape index (κ1) is 13.3. The molecule has 3 aromatic rings. The number of nitrogens with zero attached hydrogens (tertiary/aromatic N) is 3. The van der Waals surface area contributed by atoms with Gasteiger partial charge in [0.15, 0.2) is 4.77 Å². The summed E-state index contributed by atoms with van der Waals surface area (Å²) in [5.41, 5.74) is 1.80. The largest absolute Gasteiger partial charge is 0.323 e. The zero-order valence-electron chi connectivity index (χ0n) is 11.4. The van der Waals surface area contributed by atoms with Gasteiger partial charge in [0.05, 0.1) is 17.6 Å². The van der Waals surface area contributed by atoms with E-state index in [2.05, 4.69) is 10.1 Å². The predicted molar refractivity (Wildman–Crippen MR) is 83.1 cm³/mol. The van der Waals surface area contributed by atoms with E-state index in [0.29, 0.717) is 11.3 Å². The fourth-order valence-electron chi connectivity index (χ4n) is 2.22. The molecular weight excluding hydrogens is 292 g/mol. The molecule has 0 fully saturated rings. The van der Waals surface area contributed by atoms with Crippen molar-refractivity contribution in [2.24, 2.45) is 7.05 Å². The normalized spacial score (nSPS) is 11.3. The molecule has 0 spiro atoms. The van der Waals surface area contributed by atoms with Crippen LogP contribution < -0.4 is 5.56 Å². The second-order valence-corrected chi connectivity index (χ2v) is 6.40. The van der Waals surface area contributed by atoms with Crippen molar-refractivity contribution in [2.75, 3.05) is 0 Å². The van der Waals surface area contributed by atoms with Crippen LogP contribution in [-0.4, -0.2) is 19.3 Å². The lowest BCUT2D eigenvalue weighted by molar-refractivity contribution is 0.680. The van der Waals surface area contributed by atoms with Gasteiger partial charge in [-0.1, -0.05) is 0 Å². The van der Waals surface area contributed by atoms with Crippen LogP contribution in [0.4, 0.5) is 0 Å². The van der Waals surface area contributed by atoms with Crippen molar-refractivity contribution in [2.45, 2.75) is 20.4 Å². The van der Waals surface area contributed by atoms with Crippen LogP contribution in [0.2, 0.25) is 0 Å². The van der Waals surface area contributed by atoms with Crippen LogP contribution in [0, 0.1) is 18.6 Å². The monoisotopic (exact) mass is 306 g/mol. The molecule has 3 rings (SSSR count). The minimum absolute atomic E-state index is 0.0451. The minimum Gasteiger partial charge on any atom is -0.323 e. The Morgan fingerprint density at radius 2 is 2.20 bits per heavy atom. The average molecular weight is 306 g/mol. The topological polar surface area (TPSA) is 55.6 Å². The summed E-state index contributed by atoms with van der Waals surface area (Å²) in [6.07, 6.45) is 1.85. The summed E-state index contributed by atoms with van der Waals surface area (Å²) in [7, 11) is 1.85. The minimum atomic E-state index is -0.0451. The molecule has 0 radical (unpaired) electrons. The molecule has 3 heterocycles. The van der Waals surface area contributed by atoms with Crippen molar-refractivity contribution in [1.82, 2.24) is 19.3 Å². The zero-order valence-corrected chi connectivity index (χ0v) is 13.1. The molecule has 7 heteroatoms. The molecule has 1 N–H and O–H groups in total. The maximum atomic E-state index is 12.6. The van der Waals surface area contributed by atoms with Crippen molar-refractivity contribution >= 4 is 33.8 Å². The standard InChI is InChI=1S/C13H14N4OS2/c1-7-8(2)20-11-10(7)12(18)17(13(19)14-11)6-9-4-5-16(3)15-9/h4-5H,6H2,1-3H3,(H,14,19). The van der Waals surface area contributed by atoms with Crippen LogP contribution >= 0.6 is 23.6 Å². The van der Waals surface area contributed by atoms with Crippen LogP contribution in [0.3, 0.4) is 0 Å². The highest BCUT2D eigenvalue weighted by Crippen LogP contribution is 2.25. The number of H-pyrrole nitrogens is 1. The molecule has 0 aromatic carbocycles. The van der Waals surface area contributed by atoms with E-state index >= 15 is 0 Å². The van der Waals surface area contributed by atoms with E-state index < -0.39 is 0 Å². The van der Waals surface area contributed by atoms with Crippen molar-refractivity contribution < 1.29 is 0 Å². The van der Waals surface area contributed by atoms with Crippen molar-refractivity contribution in [3.05, 3.63) is 43.5 Å². The molecule has 0 amide bonds. The third kappa shape index (κ3) is 2.03. The number of rotatable bonds is 2. The summed E-state index contributed by atoms with van der Waals surface area (Å²) >= 11 is 6.88. The maximum Gasteiger partial charge on any atom is 0.263 e. The van der Waals surface area contributed by atoms with Crippen LogP contribution in [0.25, 0.3) is 10.2 Å². The van der Waals surface area contributed by atoms with E-state index in [9.17, 15) is 4.79 Å². The molecule has 0 aliphatic carbocycles. The first-order valence-electron chi connectivity index (χ1n) is 6.18. The number of nitrogens with one attached hydrogen (secondary N) is 1. The number of aryl methyl sites for hydroxylation is 3. The van der Waals surface area contributed by atoms with Crippen molar-refractivity contribution in [3.63, 3.8) is 0 Å². The molecule has 3 aromatic heterocycles. The summed E-state index contributed by atoms with van der Waals surface area (Å²) in [5, 5.41) is 5.03. The van der Waals surface area contributed by atoms with E-state index in [1.54, 1.807) is 20.6 Å². The summed E-state index contributed by atoms with van der Waals surface area (Å²) in [6, 6.07) is 1.89. The number of aromatic nitrogens is 4. The van der Waals surface area contributed by atoms with E-state index in [0.717, 1.165) is 26.4 Å².